The van der Waals surface area contributed by atoms with Crippen LogP contribution in [-0.2, 0) is 9.59 Å². The SMILES string of the molecule is COc1cc2sc(N3C(=O)C(=O)/C(=C(/O)c4ccc(Br)cc4)C3c3ccccn3)nc2cc1C. The van der Waals surface area contributed by atoms with Gasteiger partial charge in [0.05, 0.1) is 28.6 Å². The number of methoxy groups -OCH3 is 1. The Hall–Kier alpha value is -3.56. The number of aryl methyl sites for hydroxylation is 1. The van der Waals surface area contributed by atoms with Gasteiger partial charge in [-0.2, -0.15) is 0 Å². The molecule has 0 saturated carbocycles. The van der Waals surface area contributed by atoms with Crippen molar-refractivity contribution in [3.63, 3.8) is 0 Å². The van der Waals surface area contributed by atoms with Crippen molar-refractivity contribution in [2.24, 2.45) is 0 Å². The average Bonchev–Trinajstić information content (AvgIpc) is 3.36. The number of carbonyl (C=O) groups excluding carboxylic acids is 2. The molecule has 0 bridgehead atoms. The number of amides is 1. The van der Waals surface area contributed by atoms with Crippen LogP contribution in [0.15, 0.2) is 70.8 Å². The van der Waals surface area contributed by atoms with E-state index in [-0.39, 0.29) is 11.3 Å². The standard InChI is InChI=1S/C25H18BrN3O4S/c1-13-11-17-19(12-18(13)33-2)34-25(28-17)29-21(16-5-3-4-10-27-16)20(23(31)24(29)32)22(30)14-6-8-15(26)9-7-14/h3-12,21,30H,1-2H3/b22-20+. The van der Waals surface area contributed by atoms with Crippen molar-refractivity contribution < 1.29 is 19.4 Å². The van der Waals surface area contributed by atoms with E-state index in [9.17, 15) is 14.7 Å². The van der Waals surface area contributed by atoms with Crippen molar-refractivity contribution in [2.45, 2.75) is 13.0 Å². The fourth-order valence-electron chi connectivity index (χ4n) is 3.98. The molecule has 2 aromatic heterocycles. The molecule has 34 heavy (non-hydrogen) atoms. The molecule has 1 amide bonds. The molecule has 0 radical (unpaired) electrons. The minimum Gasteiger partial charge on any atom is -0.507 e. The van der Waals surface area contributed by atoms with Crippen molar-refractivity contribution in [3.05, 3.63) is 87.7 Å². The van der Waals surface area contributed by atoms with Gasteiger partial charge in [-0.1, -0.05) is 45.5 Å². The number of Topliss-reactive ketones (excluding diaryl/α,β-unsaturated/α-hetero) is 1. The van der Waals surface area contributed by atoms with Crippen LogP contribution in [0.5, 0.6) is 5.75 Å². The predicted octanol–water partition coefficient (Wildman–Crippen LogP) is 5.40. The van der Waals surface area contributed by atoms with Crippen molar-refractivity contribution >= 4 is 60.1 Å². The zero-order valence-electron chi connectivity index (χ0n) is 18.2. The number of aliphatic hydroxyl groups is 1. The summed E-state index contributed by atoms with van der Waals surface area (Å²) in [5.41, 5.74) is 2.44. The first-order valence-corrected chi connectivity index (χ1v) is 11.9. The summed E-state index contributed by atoms with van der Waals surface area (Å²) >= 11 is 4.64. The third-order valence-corrected chi connectivity index (χ3v) is 7.18. The first-order valence-electron chi connectivity index (χ1n) is 10.3. The Morgan fingerprint density at radius 3 is 2.59 bits per heavy atom. The van der Waals surface area contributed by atoms with Gasteiger partial charge in [-0.05, 0) is 48.9 Å². The van der Waals surface area contributed by atoms with E-state index >= 15 is 0 Å². The number of aliphatic hydroxyl groups excluding tert-OH is 1. The van der Waals surface area contributed by atoms with E-state index in [1.165, 1.54) is 16.2 Å². The molecule has 170 valence electrons. The number of ether oxygens (including phenoxy) is 1. The quantitative estimate of drug-likeness (QED) is 0.214. The lowest BCUT2D eigenvalue weighted by atomic mass is 9.98. The summed E-state index contributed by atoms with van der Waals surface area (Å²) < 4.78 is 7.05. The van der Waals surface area contributed by atoms with Gasteiger partial charge in [0.2, 0.25) is 0 Å². The van der Waals surface area contributed by atoms with Crippen LogP contribution in [0.4, 0.5) is 5.13 Å². The van der Waals surface area contributed by atoms with Gasteiger partial charge < -0.3 is 9.84 Å². The molecule has 1 atom stereocenters. The molecule has 5 rings (SSSR count). The number of carbonyl (C=O) groups is 2. The van der Waals surface area contributed by atoms with Crippen LogP contribution >= 0.6 is 27.3 Å². The Balaban J connectivity index is 1.71. The van der Waals surface area contributed by atoms with Crippen molar-refractivity contribution in [3.8, 4) is 5.75 Å². The highest BCUT2D eigenvalue weighted by Gasteiger charge is 2.48. The summed E-state index contributed by atoms with van der Waals surface area (Å²) in [6.45, 7) is 1.91. The van der Waals surface area contributed by atoms with Crippen LogP contribution in [0.1, 0.15) is 22.9 Å². The lowest BCUT2D eigenvalue weighted by Crippen LogP contribution is -2.29. The van der Waals surface area contributed by atoms with Crippen LogP contribution in [0, 0.1) is 6.92 Å². The molecule has 1 fully saturated rings. The monoisotopic (exact) mass is 535 g/mol. The molecule has 7 nitrogen and oxygen atoms in total. The molecule has 9 heteroatoms. The van der Waals surface area contributed by atoms with Crippen LogP contribution < -0.4 is 9.64 Å². The number of aromatic nitrogens is 2. The number of pyridine rings is 1. The molecule has 1 aliphatic heterocycles. The second-order valence-electron chi connectivity index (χ2n) is 7.72. The zero-order valence-corrected chi connectivity index (χ0v) is 20.6. The van der Waals surface area contributed by atoms with E-state index in [2.05, 4.69) is 25.9 Å². The van der Waals surface area contributed by atoms with E-state index in [1.807, 2.05) is 19.1 Å². The van der Waals surface area contributed by atoms with Crippen LogP contribution in [0.25, 0.3) is 16.0 Å². The maximum absolute atomic E-state index is 13.3. The minimum atomic E-state index is -0.923. The summed E-state index contributed by atoms with van der Waals surface area (Å²) in [7, 11) is 1.60. The molecule has 4 aromatic rings. The summed E-state index contributed by atoms with van der Waals surface area (Å²) in [5, 5.41) is 11.5. The lowest BCUT2D eigenvalue weighted by Gasteiger charge is -2.21. The maximum atomic E-state index is 13.3. The molecular weight excluding hydrogens is 518 g/mol. The molecule has 0 spiro atoms. The Labute approximate surface area is 207 Å². The second kappa shape index (κ2) is 8.66. The smallest absolute Gasteiger partial charge is 0.301 e. The number of fused-ring (bicyclic) bond motifs is 1. The third kappa shape index (κ3) is 3.66. The van der Waals surface area contributed by atoms with Crippen molar-refractivity contribution in [1.82, 2.24) is 9.97 Å². The number of anilines is 1. The first kappa shape index (κ1) is 22.2. The predicted molar refractivity (Wildman–Crippen MR) is 134 cm³/mol. The summed E-state index contributed by atoms with van der Waals surface area (Å²) in [4.78, 5) is 36.9. The number of thiazole rings is 1. The van der Waals surface area contributed by atoms with Gasteiger partial charge >= 0.3 is 5.91 Å². The topological polar surface area (TPSA) is 92.6 Å². The Morgan fingerprint density at radius 2 is 1.91 bits per heavy atom. The molecule has 1 saturated heterocycles. The molecule has 1 unspecified atom stereocenters. The Kier molecular flexibility index (Phi) is 5.66. The number of hydrogen-bond donors (Lipinski definition) is 1. The van der Waals surface area contributed by atoms with Gasteiger partial charge in [0.15, 0.2) is 5.13 Å². The number of benzene rings is 2. The molecular formula is C25H18BrN3O4S. The number of nitrogens with zero attached hydrogens (tertiary/aromatic N) is 3. The Morgan fingerprint density at radius 1 is 1.15 bits per heavy atom. The molecule has 1 aliphatic rings. The third-order valence-electron chi connectivity index (χ3n) is 5.63. The average molecular weight is 536 g/mol. The lowest BCUT2D eigenvalue weighted by molar-refractivity contribution is -0.132. The highest BCUT2D eigenvalue weighted by atomic mass is 79.9. The van der Waals surface area contributed by atoms with Gasteiger partial charge in [-0.15, -0.1) is 0 Å². The molecule has 1 N–H and O–H groups in total. The molecule has 0 aliphatic carbocycles. The first-order chi connectivity index (χ1) is 16.4. The molecule has 3 heterocycles. The van der Waals surface area contributed by atoms with E-state index < -0.39 is 17.7 Å². The van der Waals surface area contributed by atoms with E-state index in [0.29, 0.717) is 27.7 Å². The van der Waals surface area contributed by atoms with Crippen molar-refractivity contribution in [1.29, 1.82) is 0 Å². The molecule has 2 aromatic carbocycles. The minimum absolute atomic E-state index is 0.0287. The van der Waals surface area contributed by atoms with Gasteiger partial charge in [0.25, 0.3) is 5.78 Å². The number of ketones is 1. The van der Waals surface area contributed by atoms with E-state index in [1.54, 1.807) is 55.8 Å². The number of halogens is 1. The fraction of sp³-hybridized carbons (Fsp3) is 0.120. The van der Waals surface area contributed by atoms with E-state index in [0.717, 1.165) is 14.7 Å². The van der Waals surface area contributed by atoms with Crippen LogP contribution in [-0.4, -0.2) is 33.9 Å². The van der Waals surface area contributed by atoms with Gasteiger partial charge in [0, 0.05) is 16.2 Å². The Bertz CT molecular complexity index is 1470. The summed E-state index contributed by atoms with van der Waals surface area (Å²) in [6.07, 6.45) is 1.58. The zero-order chi connectivity index (χ0) is 24.0. The normalized spacial score (nSPS) is 17.5. The van der Waals surface area contributed by atoms with Crippen molar-refractivity contribution in [2.75, 3.05) is 12.0 Å². The van der Waals surface area contributed by atoms with Gasteiger partial charge in [-0.25, -0.2) is 4.98 Å². The van der Waals surface area contributed by atoms with Gasteiger partial charge in [0.1, 0.15) is 17.6 Å². The largest absolute Gasteiger partial charge is 0.507 e. The van der Waals surface area contributed by atoms with E-state index in [4.69, 9.17) is 4.74 Å². The summed E-state index contributed by atoms with van der Waals surface area (Å²) in [6, 6.07) is 14.9. The highest BCUT2D eigenvalue weighted by Crippen LogP contribution is 2.44. The number of rotatable bonds is 4. The fourth-order valence-corrected chi connectivity index (χ4v) is 5.25. The van der Waals surface area contributed by atoms with Crippen LogP contribution in [0.3, 0.4) is 0 Å². The maximum Gasteiger partial charge on any atom is 0.301 e. The number of hydrogen-bond acceptors (Lipinski definition) is 7. The van der Waals surface area contributed by atoms with Gasteiger partial charge in [-0.3, -0.25) is 19.5 Å². The highest BCUT2D eigenvalue weighted by molar-refractivity contribution is 9.10. The summed E-state index contributed by atoms with van der Waals surface area (Å²) in [5.74, 6) is -1.11. The van der Waals surface area contributed by atoms with Crippen LogP contribution in [0.2, 0.25) is 0 Å². The second-order valence-corrected chi connectivity index (χ2v) is 9.64.